The molecule has 0 amide bonds. The highest BCUT2D eigenvalue weighted by atomic mass is 15.2. The van der Waals surface area contributed by atoms with Crippen LogP contribution in [0.15, 0.2) is 0 Å². The van der Waals surface area contributed by atoms with Crippen molar-refractivity contribution in [3.63, 3.8) is 0 Å². The van der Waals surface area contributed by atoms with Crippen LogP contribution in [0.3, 0.4) is 0 Å². The summed E-state index contributed by atoms with van der Waals surface area (Å²) in [5, 5.41) is 3.57. The summed E-state index contributed by atoms with van der Waals surface area (Å²) >= 11 is 0. The summed E-state index contributed by atoms with van der Waals surface area (Å²) in [7, 11) is 0. The number of rotatable bonds is 0. The molecule has 0 atom stereocenters. The standard InChI is InChI=1S/C8H13N/c1-2-7-4-3-6(1)8(7)5-9-8/h6-7,9H,1-5H2. The Bertz CT molecular complexity index is 127. The molecule has 1 saturated heterocycles. The van der Waals surface area contributed by atoms with E-state index in [2.05, 4.69) is 5.32 Å². The first-order valence-corrected chi connectivity index (χ1v) is 4.17. The minimum Gasteiger partial charge on any atom is -0.308 e. The van der Waals surface area contributed by atoms with Crippen LogP contribution in [-0.4, -0.2) is 12.1 Å². The molecule has 1 aliphatic heterocycles. The van der Waals surface area contributed by atoms with Gasteiger partial charge in [-0.15, -0.1) is 0 Å². The summed E-state index contributed by atoms with van der Waals surface area (Å²) < 4.78 is 0. The van der Waals surface area contributed by atoms with Gasteiger partial charge in [0.25, 0.3) is 0 Å². The monoisotopic (exact) mass is 123 g/mol. The van der Waals surface area contributed by atoms with E-state index >= 15 is 0 Å². The molecule has 2 aliphatic carbocycles. The van der Waals surface area contributed by atoms with Crippen LogP contribution in [-0.2, 0) is 0 Å². The van der Waals surface area contributed by atoms with E-state index < -0.39 is 0 Å². The van der Waals surface area contributed by atoms with Gasteiger partial charge in [-0.3, -0.25) is 0 Å². The maximum Gasteiger partial charge on any atom is 0.0363 e. The molecule has 1 heteroatoms. The summed E-state index contributed by atoms with van der Waals surface area (Å²) in [6.45, 7) is 1.35. The van der Waals surface area contributed by atoms with Gasteiger partial charge in [0.1, 0.15) is 0 Å². The topological polar surface area (TPSA) is 21.9 Å². The Morgan fingerprint density at radius 2 is 1.44 bits per heavy atom. The van der Waals surface area contributed by atoms with Gasteiger partial charge >= 0.3 is 0 Å². The zero-order valence-corrected chi connectivity index (χ0v) is 5.69. The first-order chi connectivity index (χ1) is 4.42. The lowest BCUT2D eigenvalue weighted by Gasteiger charge is -2.08. The summed E-state index contributed by atoms with van der Waals surface area (Å²) in [6.07, 6.45) is 6.10. The summed E-state index contributed by atoms with van der Waals surface area (Å²) in [5.74, 6) is 2.17. The molecule has 9 heavy (non-hydrogen) atoms. The highest BCUT2D eigenvalue weighted by Crippen LogP contribution is 2.56. The first-order valence-electron chi connectivity index (χ1n) is 4.17. The molecule has 0 aromatic heterocycles. The van der Waals surface area contributed by atoms with Crippen molar-refractivity contribution in [2.45, 2.75) is 31.2 Å². The highest BCUT2D eigenvalue weighted by molar-refractivity contribution is 5.19. The summed E-state index contributed by atoms with van der Waals surface area (Å²) in [5.41, 5.74) is 0.722. The second-order valence-electron chi connectivity index (χ2n) is 3.94. The molecule has 50 valence electrons. The Labute approximate surface area is 55.8 Å². The lowest BCUT2D eigenvalue weighted by molar-refractivity contribution is 0.480. The van der Waals surface area contributed by atoms with Gasteiger partial charge in [0.2, 0.25) is 0 Å². The Hall–Kier alpha value is -0.0400. The zero-order valence-electron chi connectivity index (χ0n) is 5.69. The number of nitrogens with one attached hydrogen (secondary N) is 1. The molecule has 3 fully saturated rings. The third kappa shape index (κ3) is 0.389. The van der Waals surface area contributed by atoms with Gasteiger partial charge in [0, 0.05) is 12.1 Å². The van der Waals surface area contributed by atoms with Gasteiger partial charge in [-0.05, 0) is 37.5 Å². The first kappa shape index (κ1) is 4.73. The van der Waals surface area contributed by atoms with Gasteiger partial charge in [-0.1, -0.05) is 0 Å². The summed E-state index contributed by atoms with van der Waals surface area (Å²) in [6, 6.07) is 0. The van der Waals surface area contributed by atoms with Crippen LogP contribution in [0.5, 0.6) is 0 Å². The van der Waals surface area contributed by atoms with E-state index in [1.54, 1.807) is 0 Å². The normalized spacial score (nSPS) is 61.3. The van der Waals surface area contributed by atoms with E-state index in [1.807, 2.05) is 0 Å². The van der Waals surface area contributed by atoms with Gasteiger partial charge < -0.3 is 5.32 Å². The predicted octanol–water partition coefficient (Wildman–Crippen LogP) is 1.15. The zero-order chi connectivity index (χ0) is 5.90. The molecular formula is C8H13N. The molecule has 3 aliphatic rings. The number of hydrogen-bond donors (Lipinski definition) is 1. The number of hydrogen-bond acceptors (Lipinski definition) is 1. The Morgan fingerprint density at radius 1 is 1.00 bits per heavy atom. The van der Waals surface area contributed by atoms with Crippen molar-refractivity contribution in [1.82, 2.24) is 5.32 Å². The van der Waals surface area contributed by atoms with Gasteiger partial charge in [0.15, 0.2) is 0 Å². The molecule has 0 aromatic carbocycles. The molecule has 1 N–H and O–H groups in total. The quantitative estimate of drug-likeness (QED) is 0.479. The van der Waals surface area contributed by atoms with Crippen LogP contribution in [0.2, 0.25) is 0 Å². The molecule has 0 unspecified atom stereocenters. The van der Waals surface area contributed by atoms with Crippen LogP contribution in [0.1, 0.15) is 25.7 Å². The Kier molecular flexibility index (Phi) is 0.628. The molecule has 1 heterocycles. The molecule has 3 rings (SSSR count). The second-order valence-corrected chi connectivity index (χ2v) is 3.94. The molecule has 0 aromatic rings. The fourth-order valence-corrected chi connectivity index (χ4v) is 3.14. The van der Waals surface area contributed by atoms with Crippen LogP contribution in [0, 0.1) is 11.8 Å². The fourth-order valence-electron chi connectivity index (χ4n) is 3.14. The maximum atomic E-state index is 3.57. The lowest BCUT2D eigenvalue weighted by Crippen LogP contribution is -2.20. The minimum atomic E-state index is 0.722. The van der Waals surface area contributed by atoms with Crippen molar-refractivity contribution in [3.05, 3.63) is 0 Å². The molecule has 0 radical (unpaired) electrons. The van der Waals surface area contributed by atoms with Crippen LogP contribution >= 0.6 is 0 Å². The van der Waals surface area contributed by atoms with Crippen LogP contribution in [0.4, 0.5) is 0 Å². The van der Waals surface area contributed by atoms with E-state index in [1.165, 1.54) is 32.2 Å². The Morgan fingerprint density at radius 3 is 1.67 bits per heavy atom. The van der Waals surface area contributed by atoms with Crippen molar-refractivity contribution in [2.75, 3.05) is 6.54 Å². The fraction of sp³-hybridized carbons (Fsp3) is 1.00. The largest absolute Gasteiger partial charge is 0.308 e. The molecule has 2 saturated carbocycles. The molecule has 1 spiro atoms. The van der Waals surface area contributed by atoms with Crippen molar-refractivity contribution in [2.24, 2.45) is 11.8 Å². The highest BCUT2D eigenvalue weighted by Gasteiger charge is 2.61. The SMILES string of the molecule is C1CC2CCC1C21CN1. The molecule has 1 nitrogen and oxygen atoms in total. The molecule has 2 bridgehead atoms. The summed E-state index contributed by atoms with van der Waals surface area (Å²) in [4.78, 5) is 0. The smallest absolute Gasteiger partial charge is 0.0363 e. The predicted molar refractivity (Wildman–Crippen MR) is 36.2 cm³/mol. The van der Waals surface area contributed by atoms with Crippen molar-refractivity contribution < 1.29 is 0 Å². The maximum absolute atomic E-state index is 3.57. The third-order valence-electron chi connectivity index (χ3n) is 3.77. The lowest BCUT2D eigenvalue weighted by atomic mass is 9.98. The molecular weight excluding hydrogens is 110 g/mol. The van der Waals surface area contributed by atoms with Gasteiger partial charge in [0.05, 0.1) is 0 Å². The van der Waals surface area contributed by atoms with E-state index in [9.17, 15) is 0 Å². The van der Waals surface area contributed by atoms with E-state index in [-0.39, 0.29) is 0 Å². The van der Waals surface area contributed by atoms with Crippen LogP contribution < -0.4 is 5.32 Å². The average molecular weight is 123 g/mol. The van der Waals surface area contributed by atoms with Gasteiger partial charge in [-0.2, -0.15) is 0 Å². The van der Waals surface area contributed by atoms with E-state index in [0.29, 0.717) is 0 Å². The van der Waals surface area contributed by atoms with Crippen molar-refractivity contribution >= 4 is 0 Å². The van der Waals surface area contributed by atoms with E-state index in [4.69, 9.17) is 0 Å². The average Bonchev–Trinajstić information content (AvgIpc) is 2.53. The third-order valence-corrected chi connectivity index (χ3v) is 3.77. The second kappa shape index (κ2) is 1.20. The minimum absolute atomic E-state index is 0.722. The Balaban J connectivity index is 2.03. The van der Waals surface area contributed by atoms with E-state index in [0.717, 1.165) is 17.4 Å². The van der Waals surface area contributed by atoms with Crippen molar-refractivity contribution in [3.8, 4) is 0 Å². The van der Waals surface area contributed by atoms with Crippen molar-refractivity contribution in [1.29, 1.82) is 0 Å². The van der Waals surface area contributed by atoms with Gasteiger partial charge in [-0.25, -0.2) is 0 Å². The van der Waals surface area contributed by atoms with Crippen LogP contribution in [0.25, 0.3) is 0 Å².